The molecule has 2 nitrogen and oxygen atoms in total. The van der Waals surface area contributed by atoms with Crippen molar-refractivity contribution in [2.75, 3.05) is 7.11 Å². The number of methoxy groups -OCH3 is 1. The molecular formula is C8H14O2. The van der Waals surface area contributed by atoms with Crippen molar-refractivity contribution in [1.29, 1.82) is 0 Å². The SMILES string of the molecule is C=CCCC(C)C(=O)OC. The van der Waals surface area contributed by atoms with Gasteiger partial charge in [0.2, 0.25) is 0 Å². The van der Waals surface area contributed by atoms with Crippen LogP contribution in [-0.4, -0.2) is 13.1 Å². The van der Waals surface area contributed by atoms with Crippen molar-refractivity contribution in [3.63, 3.8) is 0 Å². The first kappa shape index (κ1) is 9.21. The fraction of sp³-hybridized carbons (Fsp3) is 0.625. The summed E-state index contributed by atoms with van der Waals surface area (Å²) in [5, 5.41) is 0. The highest BCUT2D eigenvalue weighted by atomic mass is 16.5. The molecule has 1 atom stereocenters. The molecule has 58 valence electrons. The summed E-state index contributed by atoms with van der Waals surface area (Å²) in [5.74, 6) is -0.134. The molecule has 0 aliphatic carbocycles. The lowest BCUT2D eigenvalue weighted by molar-refractivity contribution is -0.144. The van der Waals surface area contributed by atoms with Gasteiger partial charge in [-0.05, 0) is 12.8 Å². The minimum atomic E-state index is -0.137. The maximum Gasteiger partial charge on any atom is 0.308 e. The van der Waals surface area contributed by atoms with Crippen molar-refractivity contribution in [2.24, 2.45) is 5.92 Å². The van der Waals surface area contributed by atoms with E-state index in [-0.39, 0.29) is 11.9 Å². The zero-order chi connectivity index (χ0) is 7.98. The topological polar surface area (TPSA) is 26.3 Å². The lowest BCUT2D eigenvalue weighted by Crippen LogP contribution is -2.11. The van der Waals surface area contributed by atoms with E-state index >= 15 is 0 Å². The third-order valence-corrected chi connectivity index (χ3v) is 1.41. The Bertz CT molecular complexity index is 118. The van der Waals surface area contributed by atoms with Gasteiger partial charge in [-0.3, -0.25) is 4.79 Å². The fourth-order valence-corrected chi connectivity index (χ4v) is 0.687. The highest BCUT2D eigenvalue weighted by Crippen LogP contribution is 2.06. The molecular weight excluding hydrogens is 128 g/mol. The minimum Gasteiger partial charge on any atom is -0.469 e. The van der Waals surface area contributed by atoms with Crippen molar-refractivity contribution in [3.05, 3.63) is 12.7 Å². The van der Waals surface area contributed by atoms with Crippen LogP contribution in [0.3, 0.4) is 0 Å². The van der Waals surface area contributed by atoms with Crippen molar-refractivity contribution in [1.82, 2.24) is 0 Å². The van der Waals surface area contributed by atoms with Crippen LogP contribution in [0.2, 0.25) is 0 Å². The Morgan fingerprint density at radius 1 is 1.80 bits per heavy atom. The first-order valence-corrected chi connectivity index (χ1v) is 3.41. The van der Waals surface area contributed by atoms with Crippen LogP contribution in [0, 0.1) is 5.92 Å². The van der Waals surface area contributed by atoms with Crippen LogP contribution in [-0.2, 0) is 9.53 Å². The van der Waals surface area contributed by atoms with Crippen molar-refractivity contribution in [3.8, 4) is 0 Å². The Kier molecular flexibility index (Phi) is 4.63. The van der Waals surface area contributed by atoms with E-state index < -0.39 is 0 Å². The van der Waals surface area contributed by atoms with Gasteiger partial charge in [0.25, 0.3) is 0 Å². The van der Waals surface area contributed by atoms with Gasteiger partial charge < -0.3 is 4.74 Å². The van der Waals surface area contributed by atoms with Crippen LogP contribution in [0.15, 0.2) is 12.7 Å². The number of carbonyl (C=O) groups is 1. The predicted molar refractivity (Wildman–Crippen MR) is 40.6 cm³/mol. The lowest BCUT2D eigenvalue weighted by atomic mass is 10.1. The highest BCUT2D eigenvalue weighted by Gasteiger charge is 2.10. The van der Waals surface area contributed by atoms with Crippen LogP contribution in [0.5, 0.6) is 0 Å². The van der Waals surface area contributed by atoms with Gasteiger partial charge in [-0.25, -0.2) is 0 Å². The van der Waals surface area contributed by atoms with Crippen LogP contribution in [0.1, 0.15) is 19.8 Å². The van der Waals surface area contributed by atoms with Crippen LogP contribution in [0.25, 0.3) is 0 Å². The van der Waals surface area contributed by atoms with Crippen molar-refractivity contribution in [2.45, 2.75) is 19.8 Å². The maximum absolute atomic E-state index is 10.8. The summed E-state index contributed by atoms with van der Waals surface area (Å²) in [6.45, 7) is 5.42. The van der Waals surface area contributed by atoms with Gasteiger partial charge in [0.1, 0.15) is 0 Å². The molecule has 0 bridgehead atoms. The van der Waals surface area contributed by atoms with Crippen molar-refractivity contribution >= 4 is 5.97 Å². The van der Waals surface area contributed by atoms with Gasteiger partial charge in [-0.2, -0.15) is 0 Å². The third-order valence-electron chi connectivity index (χ3n) is 1.41. The summed E-state index contributed by atoms with van der Waals surface area (Å²) >= 11 is 0. The summed E-state index contributed by atoms with van der Waals surface area (Å²) < 4.78 is 4.54. The second-order valence-electron chi connectivity index (χ2n) is 2.29. The summed E-state index contributed by atoms with van der Waals surface area (Å²) in [4.78, 5) is 10.8. The average Bonchev–Trinajstić information content (AvgIpc) is 1.98. The molecule has 0 amide bonds. The standard InChI is InChI=1S/C8H14O2/c1-4-5-6-7(2)8(9)10-3/h4,7H,1,5-6H2,2-3H3. The number of ether oxygens (including phenoxy) is 1. The molecule has 0 aliphatic rings. The number of esters is 1. The van der Waals surface area contributed by atoms with E-state index in [4.69, 9.17) is 0 Å². The smallest absolute Gasteiger partial charge is 0.308 e. The summed E-state index contributed by atoms with van der Waals surface area (Å²) in [6, 6.07) is 0. The van der Waals surface area contributed by atoms with Gasteiger partial charge in [0.05, 0.1) is 13.0 Å². The molecule has 0 saturated heterocycles. The molecule has 10 heavy (non-hydrogen) atoms. The molecule has 0 N–H and O–H groups in total. The molecule has 0 aliphatic heterocycles. The monoisotopic (exact) mass is 142 g/mol. The first-order valence-electron chi connectivity index (χ1n) is 3.41. The fourth-order valence-electron chi connectivity index (χ4n) is 0.687. The maximum atomic E-state index is 10.8. The minimum absolute atomic E-state index is 0.00278. The Labute approximate surface area is 61.9 Å². The molecule has 0 rings (SSSR count). The van der Waals surface area contributed by atoms with E-state index in [1.165, 1.54) is 7.11 Å². The second-order valence-corrected chi connectivity index (χ2v) is 2.29. The van der Waals surface area contributed by atoms with E-state index in [9.17, 15) is 4.79 Å². The molecule has 1 unspecified atom stereocenters. The zero-order valence-electron chi connectivity index (χ0n) is 6.59. The van der Waals surface area contributed by atoms with Gasteiger partial charge >= 0.3 is 5.97 Å². The third kappa shape index (κ3) is 3.28. The largest absolute Gasteiger partial charge is 0.469 e. The number of carbonyl (C=O) groups excluding carboxylic acids is 1. The normalized spacial score (nSPS) is 12.2. The van der Waals surface area contributed by atoms with E-state index in [0.717, 1.165) is 12.8 Å². The van der Waals surface area contributed by atoms with Gasteiger partial charge in [-0.1, -0.05) is 13.0 Å². The lowest BCUT2D eigenvalue weighted by Gasteiger charge is -2.05. The number of allylic oxidation sites excluding steroid dienone is 1. The predicted octanol–water partition coefficient (Wildman–Crippen LogP) is 1.76. The molecule has 0 spiro atoms. The quantitative estimate of drug-likeness (QED) is 0.441. The van der Waals surface area contributed by atoms with Gasteiger partial charge in [0.15, 0.2) is 0 Å². The van der Waals surface area contributed by atoms with E-state index in [0.29, 0.717) is 0 Å². The van der Waals surface area contributed by atoms with Crippen LogP contribution >= 0.6 is 0 Å². The van der Waals surface area contributed by atoms with Gasteiger partial charge in [-0.15, -0.1) is 6.58 Å². The molecule has 0 radical (unpaired) electrons. The highest BCUT2D eigenvalue weighted by molar-refractivity contribution is 5.71. The van der Waals surface area contributed by atoms with Crippen LogP contribution < -0.4 is 0 Å². The van der Waals surface area contributed by atoms with E-state index in [2.05, 4.69) is 11.3 Å². The molecule has 0 saturated carbocycles. The number of hydrogen-bond acceptors (Lipinski definition) is 2. The van der Waals surface area contributed by atoms with Crippen LogP contribution in [0.4, 0.5) is 0 Å². The first-order chi connectivity index (χ1) is 4.72. The van der Waals surface area contributed by atoms with Gasteiger partial charge in [0, 0.05) is 0 Å². The Hall–Kier alpha value is -0.790. The molecule has 0 heterocycles. The average molecular weight is 142 g/mol. The molecule has 0 fully saturated rings. The number of hydrogen-bond donors (Lipinski definition) is 0. The molecule has 0 aromatic rings. The number of rotatable bonds is 4. The zero-order valence-corrected chi connectivity index (χ0v) is 6.59. The summed E-state index contributed by atoms with van der Waals surface area (Å²) in [6.07, 6.45) is 3.51. The van der Waals surface area contributed by atoms with E-state index in [1.807, 2.05) is 6.92 Å². The molecule has 0 aromatic heterocycles. The Morgan fingerprint density at radius 2 is 2.40 bits per heavy atom. The Balaban J connectivity index is 3.50. The summed E-state index contributed by atoms with van der Waals surface area (Å²) in [5.41, 5.74) is 0. The van der Waals surface area contributed by atoms with E-state index in [1.54, 1.807) is 6.08 Å². The second kappa shape index (κ2) is 5.03. The van der Waals surface area contributed by atoms with Crippen molar-refractivity contribution < 1.29 is 9.53 Å². The Morgan fingerprint density at radius 3 is 2.80 bits per heavy atom. The molecule has 0 aromatic carbocycles. The molecule has 2 heteroatoms. The summed E-state index contributed by atoms with van der Waals surface area (Å²) in [7, 11) is 1.41.